The lowest BCUT2D eigenvalue weighted by molar-refractivity contribution is 0.0909. The average molecular weight is 301 g/mol. The highest BCUT2D eigenvalue weighted by molar-refractivity contribution is 7.11. The van der Waals surface area contributed by atoms with Gasteiger partial charge in [0.2, 0.25) is 0 Å². The summed E-state index contributed by atoms with van der Waals surface area (Å²) in [6, 6.07) is 6.82. The van der Waals surface area contributed by atoms with Gasteiger partial charge in [-0.15, -0.1) is 11.3 Å². The first-order valence-electron chi connectivity index (χ1n) is 7.64. The van der Waals surface area contributed by atoms with Gasteiger partial charge in [-0.3, -0.25) is 4.79 Å². The minimum Gasteiger partial charge on any atom is -0.348 e. The average Bonchev–Trinajstić information content (AvgIpc) is 2.94. The van der Waals surface area contributed by atoms with Gasteiger partial charge in [-0.1, -0.05) is 13.8 Å². The minimum absolute atomic E-state index is 0.0828. The summed E-state index contributed by atoms with van der Waals surface area (Å²) in [6.07, 6.45) is 4.81. The molecule has 2 heterocycles. The van der Waals surface area contributed by atoms with Crippen LogP contribution < -0.4 is 0 Å². The molecule has 0 amide bonds. The number of carbonyl (C=O) groups excluding carboxylic acids is 1. The number of nitrogens with zero attached hydrogens (tertiary/aromatic N) is 1. The van der Waals surface area contributed by atoms with Gasteiger partial charge in [0, 0.05) is 46.1 Å². The van der Waals surface area contributed by atoms with E-state index in [0.717, 1.165) is 18.4 Å². The molecule has 0 N–H and O–H groups in total. The lowest BCUT2D eigenvalue weighted by Gasteiger charge is -2.31. The largest absolute Gasteiger partial charge is 0.348 e. The lowest BCUT2D eigenvalue weighted by atomic mass is 9.76. The van der Waals surface area contributed by atoms with Crippen molar-refractivity contribution in [3.8, 4) is 0 Å². The van der Waals surface area contributed by atoms with Gasteiger partial charge in [0.15, 0.2) is 5.78 Å². The second-order valence-corrected chi connectivity index (χ2v) is 8.46. The predicted molar refractivity (Wildman–Crippen MR) is 88.3 cm³/mol. The van der Waals surface area contributed by atoms with Crippen molar-refractivity contribution in [2.45, 2.75) is 53.0 Å². The van der Waals surface area contributed by atoms with Gasteiger partial charge in [0.05, 0.1) is 0 Å². The molecule has 1 aliphatic rings. The molecule has 0 aromatic carbocycles. The number of hydrogen-bond acceptors (Lipinski definition) is 2. The Balaban J connectivity index is 1.88. The Bertz CT molecular complexity index is 677. The third-order valence-corrected chi connectivity index (χ3v) is 5.40. The summed E-state index contributed by atoms with van der Waals surface area (Å²) in [5.74, 6) is 0.305. The maximum atomic E-state index is 12.3. The summed E-state index contributed by atoms with van der Waals surface area (Å²) in [7, 11) is 0. The highest BCUT2D eigenvalue weighted by Crippen LogP contribution is 2.36. The zero-order valence-corrected chi connectivity index (χ0v) is 14.1. The van der Waals surface area contributed by atoms with E-state index in [9.17, 15) is 4.79 Å². The van der Waals surface area contributed by atoms with Crippen molar-refractivity contribution in [1.29, 1.82) is 0 Å². The topological polar surface area (TPSA) is 22.0 Å². The van der Waals surface area contributed by atoms with E-state index in [0.29, 0.717) is 18.2 Å². The molecule has 3 heteroatoms. The van der Waals surface area contributed by atoms with Crippen molar-refractivity contribution in [3.05, 3.63) is 45.4 Å². The van der Waals surface area contributed by atoms with Gasteiger partial charge in [-0.25, -0.2) is 0 Å². The molecular weight excluding hydrogens is 278 g/mol. The van der Waals surface area contributed by atoms with Crippen LogP contribution in [0.2, 0.25) is 0 Å². The van der Waals surface area contributed by atoms with E-state index < -0.39 is 0 Å². The fourth-order valence-electron chi connectivity index (χ4n) is 3.36. The van der Waals surface area contributed by atoms with Crippen molar-refractivity contribution >= 4 is 17.1 Å². The Morgan fingerprint density at radius 3 is 2.71 bits per heavy atom. The van der Waals surface area contributed by atoms with Crippen molar-refractivity contribution < 1.29 is 4.79 Å². The van der Waals surface area contributed by atoms with Crippen molar-refractivity contribution in [3.63, 3.8) is 0 Å². The van der Waals surface area contributed by atoms with E-state index in [1.165, 1.54) is 15.4 Å². The number of aromatic nitrogens is 1. The van der Waals surface area contributed by atoms with Crippen LogP contribution in [-0.4, -0.2) is 10.4 Å². The fraction of sp³-hybridized carbons (Fsp3) is 0.500. The third kappa shape index (κ3) is 2.84. The van der Waals surface area contributed by atoms with E-state index in [1.807, 2.05) is 17.4 Å². The number of hydrogen-bond donors (Lipinski definition) is 0. The molecule has 0 radical (unpaired) electrons. The second kappa shape index (κ2) is 5.13. The maximum Gasteiger partial charge on any atom is 0.165 e. The van der Waals surface area contributed by atoms with Crippen molar-refractivity contribution in [2.75, 3.05) is 0 Å². The molecule has 1 atom stereocenters. The van der Waals surface area contributed by atoms with E-state index in [4.69, 9.17) is 0 Å². The summed E-state index contributed by atoms with van der Waals surface area (Å²) in [4.78, 5) is 15.1. The summed E-state index contributed by atoms with van der Waals surface area (Å²) < 4.78 is 2.32. The minimum atomic E-state index is 0.0828. The summed E-state index contributed by atoms with van der Waals surface area (Å²) in [5, 5.41) is 0. The Morgan fingerprint density at radius 1 is 1.29 bits per heavy atom. The number of ketones is 1. The van der Waals surface area contributed by atoms with Gasteiger partial charge in [0.25, 0.3) is 0 Å². The van der Waals surface area contributed by atoms with Gasteiger partial charge in [0.1, 0.15) is 0 Å². The lowest BCUT2D eigenvalue weighted by Crippen LogP contribution is -2.28. The van der Waals surface area contributed by atoms with Crippen LogP contribution in [-0.2, 0) is 12.8 Å². The standard InChI is InChI=1S/C18H23NOS/c1-12(9-14-6-5-13(2)21-14)19-8-7-15-16(19)10-18(3,4)11-17(15)20/h5-8,12H,9-11H2,1-4H3. The SMILES string of the molecule is Cc1ccc(CC(C)n2ccc3c2CC(C)(C)CC3=O)s1. The number of carbonyl (C=O) groups is 1. The molecule has 2 aromatic rings. The van der Waals surface area contributed by atoms with Crippen LogP contribution in [0.15, 0.2) is 24.4 Å². The molecule has 3 rings (SSSR count). The fourth-order valence-corrected chi connectivity index (χ4v) is 4.37. The molecule has 0 spiro atoms. The highest BCUT2D eigenvalue weighted by atomic mass is 32.1. The third-order valence-electron chi connectivity index (χ3n) is 4.38. The summed E-state index contributed by atoms with van der Waals surface area (Å²) in [6.45, 7) is 8.79. The molecule has 0 fully saturated rings. The molecule has 0 saturated heterocycles. The number of thiophene rings is 1. The van der Waals surface area contributed by atoms with E-state index in [1.54, 1.807) is 0 Å². The summed E-state index contributed by atoms with van der Waals surface area (Å²) in [5.41, 5.74) is 2.26. The Morgan fingerprint density at radius 2 is 2.05 bits per heavy atom. The van der Waals surface area contributed by atoms with Crippen LogP contribution in [0.5, 0.6) is 0 Å². The smallest absolute Gasteiger partial charge is 0.165 e. The van der Waals surface area contributed by atoms with Crippen molar-refractivity contribution in [2.24, 2.45) is 5.41 Å². The van der Waals surface area contributed by atoms with E-state index >= 15 is 0 Å². The first-order chi connectivity index (χ1) is 9.85. The molecule has 0 aliphatic heterocycles. The first kappa shape index (κ1) is 14.6. The Kier molecular flexibility index (Phi) is 3.56. The Labute approximate surface area is 130 Å². The molecule has 1 unspecified atom stereocenters. The summed E-state index contributed by atoms with van der Waals surface area (Å²) >= 11 is 1.87. The van der Waals surface area contributed by atoms with Crippen LogP contribution >= 0.6 is 11.3 Å². The van der Waals surface area contributed by atoms with E-state index in [-0.39, 0.29) is 5.41 Å². The van der Waals surface area contributed by atoms with Crippen LogP contribution in [0, 0.1) is 12.3 Å². The molecular formula is C18H23NOS. The quantitative estimate of drug-likeness (QED) is 0.797. The normalized spacial score (nSPS) is 18.6. The van der Waals surface area contributed by atoms with Gasteiger partial charge in [-0.05, 0) is 43.9 Å². The van der Waals surface area contributed by atoms with Gasteiger partial charge in [-0.2, -0.15) is 0 Å². The molecule has 2 aromatic heterocycles. The van der Waals surface area contributed by atoms with Gasteiger partial charge >= 0.3 is 0 Å². The molecule has 1 aliphatic carbocycles. The van der Waals surface area contributed by atoms with E-state index in [2.05, 4.69) is 50.6 Å². The molecule has 0 saturated carbocycles. The molecule has 21 heavy (non-hydrogen) atoms. The zero-order valence-electron chi connectivity index (χ0n) is 13.3. The van der Waals surface area contributed by atoms with Crippen molar-refractivity contribution in [1.82, 2.24) is 4.57 Å². The molecule has 112 valence electrons. The van der Waals surface area contributed by atoms with Crippen LogP contribution in [0.4, 0.5) is 0 Å². The monoisotopic (exact) mass is 301 g/mol. The molecule has 0 bridgehead atoms. The van der Waals surface area contributed by atoms with Crippen LogP contribution in [0.3, 0.4) is 0 Å². The zero-order chi connectivity index (χ0) is 15.2. The van der Waals surface area contributed by atoms with Gasteiger partial charge < -0.3 is 4.57 Å². The number of rotatable bonds is 3. The Hall–Kier alpha value is -1.35. The number of Topliss-reactive ketones (excluding diaryl/α,β-unsaturated/α-hetero) is 1. The van der Waals surface area contributed by atoms with Crippen LogP contribution in [0.25, 0.3) is 0 Å². The first-order valence-corrected chi connectivity index (χ1v) is 8.45. The maximum absolute atomic E-state index is 12.3. The second-order valence-electron chi connectivity index (χ2n) is 7.09. The molecule has 2 nitrogen and oxygen atoms in total. The number of aryl methyl sites for hydroxylation is 1. The van der Waals surface area contributed by atoms with Crippen LogP contribution in [0.1, 0.15) is 59.0 Å². The predicted octanol–water partition coefficient (Wildman–Crippen LogP) is 4.82. The number of fused-ring (bicyclic) bond motifs is 1. The highest BCUT2D eigenvalue weighted by Gasteiger charge is 2.33.